The van der Waals surface area contributed by atoms with Crippen LogP contribution in [0.3, 0.4) is 0 Å². The van der Waals surface area contributed by atoms with Crippen molar-refractivity contribution in [2.75, 3.05) is 0 Å². The van der Waals surface area contributed by atoms with Gasteiger partial charge in [0.05, 0.1) is 31.6 Å². The van der Waals surface area contributed by atoms with Gasteiger partial charge in [-0.25, -0.2) is 4.79 Å². The first kappa shape index (κ1) is 20.7. The SMILES string of the molecule is O=C(O)c1ccccc1[C]1c2cc(Br)c(O)c(Br)c2[OH+]c2c1cc(Br)c(O)c2Br. The molecular weight excluding hydrogens is 640 g/mol. The number of phenolic OH excluding ortho intramolecular Hbond substituents is 2. The van der Waals surface area contributed by atoms with Gasteiger partial charge in [-0.05, 0) is 87.5 Å². The van der Waals surface area contributed by atoms with Gasteiger partial charge < -0.3 is 20.1 Å². The van der Waals surface area contributed by atoms with Crippen LogP contribution >= 0.6 is 63.7 Å². The third-order valence-corrected chi connectivity index (χ3v) is 7.24. The van der Waals surface area contributed by atoms with Gasteiger partial charge in [0.25, 0.3) is 11.5 Å². The van der Waals surface area contributed by atoms with Crippen LogP contribution < -0.4 is 0 Å². The van der Waals surface area contributed by atoms with E-state index in [1.165, 1.54) is 6.07 Å². The topological polar surface area (TPSA) is 90.6 Å². The van der Waals surface area contributed by atoms with Crippen LogP contribution in [0, 0.1) is 5.92 Å². The van der Waals surface area contributed by atoms with Gasteiger partial charge in [0, 0.05) is 0 Å². The fourth-order valence-corrected chi connectivity index (χ4v) is 5.65. The number of fused-ring (bicyclic) bond motifs is 2. The van der Waals surface area contributed by atoms with E-state index in [4.69, 9.17) is 0 Å². The molecule has 0 aromatic heterocycles. The molecule has 0 aliphatic carbocycles. The lowest BCUT2D eigenvalue weighted by Gasteiger charge is -2.28. The first-order valence-electron chi connectivity index (χ1n) is 8.06. The molecule has 4 rings (SSSR count). The number of hydrogen-bond donors (Lipinski definition) is 3. The molecule has 1 heterocycles. The number of phenols is 2. The first-order valence-corrected chi connectivity index (χ1v) is 11.2. The molecule has 0 unspecified atom stereocenters. The standard InChI is InChI=1S/C20H9Br4O5/c21-11-5-9-13(7-3-1-2-4-8(7)20(27)28)10-6-12(22)17(26)15(24)19(10)29-18(9)14(23)16(11)25/h1-6,25-26H,(H,27,28)/p+1. The molecular formula is C20H10Br4O5+. The summed E-state index contributed by atoms with van der Waals surface area (Å²) < 4.78 is 6.21. The second-order valence-corrected chi connectivity index (χ2v) is 9.47. The van der Waals surface area contributed by atoms with E-state index in [1.54, 1.807) is 30.3 Å². The van der Waals surface area contributed by atoms with Crippen molar-refractivity contribution in [1.82, 2.24) is 0 Å². The van der Waals surface area contributed by atoms with E-state index in [1.807, 2.05) is 0 Å². The molecule has 0 saturated carbocycles. The molecule has 0 amide bonds. The Morgan fingerprint density at radius 3 is 1.76 bits per heavy atom. The number of carboxylic acid groups (broad SMARTS) is 1. The summed E-state index contributed by atoms with van der Waals surface area (Å²) in [7, 11) is 0. The van der Waals surface area contributed by atoms with Crippen LogP contribution in [0.5, 0.6) is 23.0 Å². The third kappa shape index (κ3) is 3.28. The second kappa shape index (κ2) is 7.61. The number of carboxylic acids is 1. The third-order valence-electron chi connectivity index (χ3n) is 4.53. The molecule has 4 N–H and O–H groups in total. The van der Waals surface area contributed by atoms with Gasteiger partial charge in [0.1, 0.15) is 0 Å². The summed E-state index contributed by atoms with van der Waals surface area (Å²) in [5.41, 5.74) is 1.88. The Kier molecular flexibility index (Phi) is 5.43. The second-order valence-electron chi connectivity index (χ2n) is 6.17. The number of ether oxygens (including phenoxy) is 1. The molecule has 3 aromatic carbocycles. The molecule has 29 heavy (non-hydrogen) atoms. The van der Waals surface area contributed by atoms with Crippen LogP contribution in [0.15, 0.2) is 54.3 Å². The number of hydrogen-bond acceptors (Lipinski definition) is 3. The van der Waals surface area contributed by atoms with E-state index < -0.39 is 5.97 Å². The van der Waals surface area contributed by atoms with Crippen molar-refractivity contribution in [2.24, 2.45) is 0 Å². The lowest BCUT2D eigenvalue weighted by Crippen LogP contribution is -2.16. The smallest absolute Gasteiger partial charge is 0.336 e. The molecule has 147 valence electrons. The fourth-order valence-electron chi connectivity index (χ4n) is 3.23. The van der Waals surface area contributed by atoms with Crippen LogP contribution in [-0.2, 0) is 0 Å². The van der Waals surface area contributed by atoms with Crippen molar-refractivity contribution in [2.45, 2.75) is 0 Å². The number of rotatable bonds is 2. The number of aromatic hydroxyl groups is 4. The van der Waals surface area contributed by atoms with Crippen LogP contribution in [0.2, 0.25) is 0 Å². The molecule has 5 nitrogen and oxygen atoms in total. The van der Waals surface area contributed by atoms with E-state index >= 15 is 0 Å². The predicted molar refractivity (Wildman–Crippen MR) is 122 cm³/mol. The Hall–Kier alpha value is -1.55. The van der Waals surface area contributed by atoms with Crippen LogP contribution in [0.1, 0.15) is 27.0 Å². The van der Waals surface area contributed by atoms with Gasteiger partial charge >= 0.3 is 5.97 Å². The molecule has 3 aromatic rings. The average molecular weight is 650 g/mol. The monoisotopic (exact) mass is 646 g/mol. The summed E-state index contributed by atoms with van der Waals surface area (Å²) in [5, 5.41) is 30.4. The number of aromatic carboxylic acids is 1. The van der Waals surface area contributed by atoms with Crippen molar-refractivity contribution < 1.29 is 24.9 Å². The summed E-state index contributed by atoms with van der Waals surface area (Å²) >= 11 is 13.5. The Labute approximate surface area is 198 Å². The Bertz CT molecular complexity index is 1130. The quantitative estimate of drug-likeness (QED) is 0.208. The molecule has 0 bridgehead atoms. The highest BCUT2D eigenvalue weighted by Crippen LogP contribution is 2.58. The lowest BCUT2D eigenvalue weighted by molar-refractivity contribution is 0.0696. The van der Waals surface area contributed by atoms with Crippen LogP contribution in [0.25, 0.3) is 0 Å². The Morgan fingerprint density at radius 2 is 1.28 bits per heavy atom. The highest BCUT2D eigenvalue weighted by Gasteiger charge is 2.41. The molecule has 0 atom stereocenters. The van der Waals surface area contributed by atoms with Gasteiger partial charge in [0.15, 0.2) is 20.4 Å². The van der Waals surface area contributed by atoms with Gasteiger partial charge in [-0.3, -0.25) is 0 Å². The molecule has 0 saturated heterocycles. The van der Waals surface area contributed by atoms with Crippen LogP contribution in [-0.4, -0.2) is 26.0 Å². The number of halogens is 4. The lowest BCUT2D eigenvalue weighted by atomic mass is 9.80. The maximum Gasteiger partial charge on any atom is 0.336 e. The normalized spacial score (nSPS) is 12.8. The maximum absolute atomic E-state index is 11.9. The zero-order chi connectivity index (χ0) is 21.0. The average Bonchev–Trinajstić information content (AvgIpc) is 2.69. The minimum atomic E-state index is -1.06. The Morgan fingerprint density at radius 1 is 0.793 bits per heavy atom. The van der Waals surface area contributed by atoms with Crippen molar-refractivity contribution in [1.29, 1.82) is 0 Å². The van der Waals surface area contributed by atoms with Crippen molar-refractivity contribution >= 4 is 69.7 Å². The molecule has 1 aliphatic heterocycles. The largest absolute Gasteiger partial charge is 0.544 e. The highest BCUT2D eigenvalue weighted by atomic mass is 79.9. The van der Waals surface area contributed by atoms with E-state index in [2.05, 4.69) is 68.5 Å². The van der Waals surface area contributed by atoms with E-state index in [0.717, 1.165) is 0 Å². The predicted octanol–water partition coefficient (Wildman–Crippen LogP) is 6.83. The molecule has 9 heteroatoms. The van der Waals surface area contributed by atoms with Gasteiger partial charge in [0.2, 0.25) is 0 Å². The minimum Gasteiger partial charge on any atom is -0.544 e. The molecule has 0 fully saturated rings. The van der Waals surface area contributed by atoms with E-state index in [-0.39, 0.29) is 17.1 Å². The maximum atomic E-state index is 11.9. The Balaban J connectivity index is 2.13. The van der Waals surface area contributed by atoms with Crippen molar-refractivity contribution in [3.8, 4) is 23.0 Å². The van der Waals surface area contributed by atoms with Gasteiger partial charge in [-0.15, -0.1) is 0 Å². The summed E-state index contributed by atoms with van der Waals surface area (Å²) in [6.45, 7) is 0. The van der Waals surface area contributed by atoms with Gasteiger partial charge in [-0.1, -0.05) is 18.2 Å². The molecule has 1 radical (unpaired) electrons. The summed E-state index contributed by atoms with van der Waals surface area (Å²) in [4.78, 5) is 11.9. The zero-order valence-corrected chi connectivity index (χ0v) is 20.5. The van der Waals surface area contributed by atoms with E-state index in [9.17, 15) is 20.1 Å². The minimum absolute atomic E-state index is 0.0284. The summed E-state index contributed by atoms with van der Waals surface area (Å²) in [6, 6.07) is 10.1. The zero-order valence-electron chi connectivity index (χ0n) is 14.2. The molecule has 1 aliphatic rings. The van der Waals surface area contributed by atoms with Crippen molar-refractivity contribution in [3.05, 3.63) is 82.5 Å². The van der Waals surface area contributed by atoms with E-state index in [0.29, 0.717) is 52.0 Å². The van der Waals surface area contributed by atoms with Gasteiger partial charge in [-0.2, -0.15) is 0 Å². The molecule has 0 spiro atoms. The van der Waals surface area contributed by atoms with Crippen LogP contribution in [0.4, 0.5) is 0 Å². The number of benzene rings is 3. The summed E-state index contributed by atoms with van der Waals surface area (Å²) in [6.07, 6.45) is 0. The fraction of sp³-hybridized carbons (Fsp3) is 0. The highest BCUT2D eigenvalue weighted by molar-refractivity contribution is 9.11. The first-order chi connectivity index (χ1) is 13.7. The number of carbonyl (C=O) groups is 1. The summed E-state index contributed by atoms with van der Waals surface area (Å²) in [5.74, 6) is 0.350. The van der Waals surface area contributed by atoms with Crippen molar-refractivity contribution in [3.63, 3.8) is 0 Å².